The second kappa shape index (κ2) is 5.02. The molecule has 0 spiro atoms. The minimum atomic E-state index is -0.384. The van der Waals surface area contributed by atoms with Crippen molar-refractivity contribution in [2.75, 3.05) is 20.3 Å². The fourth-order valence-corrected chi connectivity index (χ4v) is 1.98. The van der Waals surface area contributed by atoms with Crippen LogP contribution in [0.1, 0.15) is 18.4 Å². The lowest BCUT2D eigenvalue weighted by Gasteiger charge is -2.15. The molecule has 0 unspecified atom stereocenters. The van der Waals surface area contributed by atoms with Crippen molar-refractivity contribution in [3.63, 3.8) is 0 Å². The molecule has 1 fully saturated rings. The van der Waals surface area contributed by atoms with Crippen LogP contribution < -0.4 is 5.32 Å². The first-order valence-electron chi connectivity index (χ1n) is 5.58. The van der Waals surface area contributed by atoms with E-state index in [1.165, 1.54) is 0 Å². The molecule has 1 aliphatic carbocycles. The van der Waals surface area contributed by atoms with Crippen LogP contribution in [0.15, 0.2) is 18.3 Å². The highest BCUT2D eigenvalue weighted by Crippen LogP contribution is 2.48. The zero-order valence-electron chi connectivity index (χ0n) is 9.70. The van der Waals surface area contributed by atoms with Gasteiger partial charge in [0.2, 0.25) is 5.91 Å². The zero-order valence-corrected chi connectivity index (χ0v) is 10.5. The van der Waals surface area contributed by atoms with Gasteiger partial charge < -0.3 is 10.1 Å². The highest BCUT2D eigenvalue weighted by atomic mass is 35.5. The molecule has 1 aromatic heterocycles. The van der Waals surface area contributed by atoms with Crippen molar-refractivity contribution in [3.05, 3.63) is 29.0 Å². The van der Waals surface area contributed by atoms with E-state index in [2.05, 4.69) is 10.3 Å². The van der Waals surface area contributed by atoms with Gasteiger partial charge in [0.25, 0.3) is 0 Å². The van der Waals surface area contributed by atoms with Crippen LogP contribution >= 0.6 is 11.6 Å². The molecule has 0 saturated heterocycles. The van der Waals surface area contributed by atoms with Crippen LogP contribution in [0.25, 0.3) is 0 Å². The number of halogens is 1. The molecular weight excluding hydrogens is 240 g/mol. The minimum Gasteiger partial charge on any atom is -0.383 e. The number of methoxy groups -OCH3 is 1. The van der Waals surface area contributed by atoms with Crippen LogP contribution in [-0.4, -0.2) is 31.2 Å². The van der Waals surface area contributed by atoms with Crippen LogP contribution in [0.3, 0.4) is 0 Å². The lowest BCUT2D eigenvalue weighted by Crippen LogP contribution is -2.36. The number of ether oxygens (including phenoxy) is 1. The van der Waals surface area contributed by atoms with Crippen LogP contribution in [0, 0.1) is 0 Å². The van der Waals surface area contributed by atoms with E-state index in [4.69, 9.17) is 16.3 Å². The molecule has 0 aromatic carbocycles. The molecule has 17 heavy (non-hydrogen) atoms. The van der Waals surface area contributed by atoms with E-state index < -0.39 is 0 Å². The van der Waals surface area contributed by atoms with Crippen molar-refractivity contribution in [2.45, 2.75) is 18.3 Å². The summed E-state index contributed by atoms with van der Waals surface area (Å²) in [5, 5.41) is 3.32. The van der Waals surface area contributed by atoms with E-state index in [1.807, 2.05) is 6.07 Å². The fourth-order valence-electron chi connectivity index (χ4n) is 1.87. The van der Waals surface area contributed by atoms with Gasteiger partial charge in [0.1, 0.15) is 5.15 Å². The Hall–Kier alpha value is -1.13. The zero-order chi connectivity index (χ0) is 12.3. The third-order valence-corrected chi connectivity index (χ3v) is 3.28. The van der Waals surface area contributed by atoms with E-state index in [-0.39, 0.29) is 11.3 Å². The van der Waals surface area contributed by atoms with Crippen LogP contribution in [0.2, 0.25) is 5.15 Å². The van der Waals surface area contributed by atoms with E-state index in [1.54, 1.807) is 19.4 Å². The Morgan fingerprint density at radius 3 is 2.88 bits per heavy atom. The Labute approximate surface area is 105 Å². The first-order chi connectivity index (χ1) is 8.19. The first-order valence-corrected chi connectivity index (χ1v) is 5.96. The van der Waals surface area contributed by atoms with Crippen molar-refractivity contribution in [1.29, 1.82) is 0 Å². The molecule has 0 aliphatic heterocycles. The van der Waals surface area contributed by atoms with Gasteiger partial charge >= 0.3 is 0 Å². The maximum atomic E-state index is 12.1. The number of nitrogens with one attached hydrogen (secondary N) is 1. The lowest BCUT2D eigenvalue weighted by atomic mass is 9.97. The summed E-state index contributed by atoms with van der Waals surface area (Å²) < 4.78 is 4.90. The first kappa shape index (κ1) is 12.3. The SMILES string of the molecule is COCCNC(=O)C1(c2ccc(Cl)nc2)CC1. The largest absolute Gasteiger partial charge is 0.383 e. The van der Waals surface area contributed by atoms with Crippen LogP contribution in [0.4, 0.5) is 0 Å². The van der Waals surface area contributed by atoms with Crippen molar-refractivity contribution in [3.8, 4) is 0 Å². The van der Waals surface area contributed by atoms with Gasteiger partial charge in [-0.1, -0.05) is 17.7 Å². The van der Waals surface area contributed by atoms with Gasteiger partial charge in [0.05, 0.1) is 12.0 Å². The molecular formula is C12H15ClN2O2. The summed E-state index contributed by atoms with van der Waals surface area (Å²) >= 11 is 5.74. The predicted octanol–water partition coefficient (Wildman–Crippen LogP) is 1.53. The number of carbonyl (C=O) groups excluding carboxylic acids is 1. The molecule has 1 N–H and O–H groups in total. The Morgan fingerprint density at radius 1 is 1.59 bits per heavy atom. The molecule has 1 aromatic rings. The second-order valence-electron chi connectivity index (χ2n) is 4.20. The monoisotopic (exact) mass is 254 g/mol. The molecule has 92 valence electrons. The average Bonchev–Trinajstić information content (AvgIpc) is 3.11. The van der Waals surface area contributed by atoms with Crippen molar-refractivity contribution >= 4 is 17.5 Å². The van der Waals surface area contributed by atoms with E-state index in [9.17, 15) is 4.79 Å². The number of hydrogen-bond acceptors (Lipinski definition) is 3. The number of pyridine rings is 1. The Morgan fingerprint density at radius 2 is 2.35 bits per heavy atom. The standard InChI is InChI=1S/C12H15ClN2O2/c1-17-7-6-14-11(16)12(4-5-12)9-2-3-10(13)15-8-9/h2-3,8H,4-7H2,1H3,(H,14,16). The second-order valence-corrected chi connectivity index (χ2v) is 4.59. The molecule has 0 atom stereocenters. The number of amides is 1. The molecule has 1 amide bonds. The Balaban J connectivity index is 2.03. The number of rotatable bonds is 5. The molecule has 1 aliphatic rings. The average molecular weight is 255 g/mol. The van der Waals surface area contributed by atoms with Gasteiger partial charge in [-0.3, -0.25) is 4.79 Å². The minimum absolute atomic E-state index is 0.0543. The van der Waals surface area contributed by atoms with Gasteiger partial charge in [-0.15, -0.1) is 0 Å². The summed E-state index contributed by atoms with van der Waals surface area (Å²) in [6.07, 6.45) is 3.43. The van der Waals surface area contributed by atoms with Gasteiger partial charge in [0, 0.05) is 19.9 Å². The highest BCUT2D eigenvalue weighted by molar-refractivity contribution is 6.29. The maximum Gasteiger partial charge on any atom is 0.230 e. The number of carbonyl (C=O) groups is 1. The van der Waals surface area contributed by atoms with Gasteiger partial charge in [-0.05, 0) is 24.5 Å². The number of nitrogens with zero attached hydrogens (tertiary/aromatic N) is 1. The number of hydrogen-bond donors (Lipinski definition) is 1. The summed E-state index contributed by atoms with van der Waals surface area (Å²) in [5.41, 5.74) is 0.558. The molecule has 1 saturated carbocycles. The Kier molecular flexibility index (Phi) is 3.64. The summed E-state index contributed by atoms with van der Waals surface area (Å²) in [5.74, 6) is 0.0543. The van der Waals surface area contributed by atoms with E-state index in [0.29, 0.717) is 18.3 Å². The third-order valence-electron chi connectivity index (χ3n) is 3.06. The topological polar surface area (TPSA) is 51.2 Å². The van der Waals surface area contributed by atoms with Gasteiger partial charge in [-0.25, -0.2) is 4.98 Å². The molecule has 2 rings (SSSR count). The molecule has 0 radical (unpaired) electrons. The van der Waals surface area contributed by atoms with Crippen LogP contribution in [-0.2, 0) is 14.9 Å². The molecule has 4 nitrogen and oxygen atoms in total. The quantitative estimate of drug-likeness (QED) is 0.640. The van der Waals surface area contributed by atoms with E-state index >= 15 is 0 Å². The smallest absolute Gasteiger partial charge is 0.230 e. The third kappa shape index (κ3) is 2.58. The molecule has 1 heterocycles. The highest BCUT2D eigenvalue weighted by Gasteiger charge is 2.51. The van der Waals surface area contributed by atoms with E-state index in [0.717, 1.165) is 18.4 Å². The molecule has 0 bridgehead atoms. The van der Waals surface area contributed by atoms with Crippen molar-refractivity contribution in [1.82, 2.24) is 10.3 Å². The van der Waals surface area contributed by atoms with Gasteiger partial charge in [0.15, 0.2) is 0 Å². The fraction of sp³-hybridized carbons (Fsp3) is 0.500. The summed E-state index contributed by atoms with van der Waals surface area (Å²) in [6.45, 7) is 1.07. The predicted molar refractivity (Wildman–Crippen MR) is 65.0 cm³/mol. The maximum absolute atomic E-state index is 12.1. The summed E-state index contributed by atoms with van der Waals surface area (Å²) in [4.78, 5) is 16.1. The lowest BCUT2D eigenvalue weighted by molar-refractivity contribution is -0.123. The molecule has 5 heteroatoms. The summed E-state index contributed by atoms with van der Waals surface area (Å²) in [6, 6.07) is 3.59. The Bertz CT molecular complexity index is 401. The normalized spacial score (nSPS) is 16.6. The van der Waals surface area contributed by atoms with Gasteiger partial charge in [-0.2, -0.15) is 0 Å². The number of aromatic nitrogens is 1. The summed E-state index contributed by atoms with van der Waals surface area (Å²) in [7, 11) is 1.61. The van der Waals surface area contributed by atoms with Crippen LogP contribution in [0.5, 0.6) is 0 Å². The van der Waals surface area contributed by atoms with Crippen molar-refractivity contribution in [2.24, 2.45) is 0 Å². The van der Waals surface area contributed by atoms with Crippen molar-refractivity contribution < 1.29 is 9.53 Å².